The fourth-order valence-electron chi connectivity index (χ4n) is 4.53. The van der Waals surface area contributed by atoms with Gasteiger partial charge in [0.25, 0.3) is 5.82 Å². The third-order valence-electron chi connectivity index (χ3n) is 6.60. The van der Waals surface area contributed by atoms with Gasteiger partial charge in [-0.05, 0) is 25.7 Å². The average molecular weight is 420 g/mol. The molecular weight excluding hydrogens is 364 g/mol. The topological polar surface area (TPSA) is 8.81 Å². The molecule has 0 spiro atoms. The quantitative estimate of drug-likeness (QED) is 0.131. The molecule has 1 heterocycles. The van der Waals surface area contributed by atoms with Gasteiger partial charge in [-0.3, -0.25) is 0 Å². The minimum Gasteiger partial charge on any atom is -0.234 e. The van der Waals surface area contributed by atoms with E-state index in [4.69, 9.17) is 0 Å². The minimum atomic E-state index is 1.20. The van der Waals surface area contributed by atoms with Crippen LogP contribution in [0, 0.1) is 0 Å². The monoisotopic (exact) mass is 419 g/mol. The zero-order chi connectivity index (χ0) is 21.7. The number of rotatable bonds is 22. The van der Waals surface area contributed by atoms with Gasteiger partial charge in [-0.1, -0.05) is 117 Å². The van der Waals surface area contributed by atoms with Gasteiger partial charge >= 0.3 is 0 Å². The van der Waals surface area contributed by atoms with E-state index in [-0.39, 0.29) is 0 Å². The van der Waals surface area contributed by atoms with Crippen LogP contribution in [0.2, 0.25) is 0 Å². The van der Waals surface area contributed by atoms with Gasteiger partial charge in [-0.15, -0.1) is 0 Å². The second-order valence-electron chi connectivity index (χ2n) is 9.51. The first-order valence-electron chi connectivity index (χ1n) is 13.9. The molecule has 1 aromatic rings. The van der Waals surface area contributed by atoms with Crippen molar-refractivity contribution >= 4 is 0 Å². The number of aryl methyl sites for hydroxylation is 2. The van der Waals surface area contributed by atoms with E-state index < -0.39 is 0 Å². The molecule has 176 valence electrons. The molecule has 0 radical (unpaired) electrons. The van der Waals surface area contributed by atoms with Crippen LogP contribution in [0.1, 0.15) is 149 Å². The Bertz CT molecular complexity index is 477. The SMILES string of the molecule is CCCCCCCCCCCCCCc1n(CCCC)cc[n+]1CCCCCCC. The number of unbranched alkanes of at least 4 members (excludes halogenated alkanes) is 16. The number of nitrogens with zero attached hydrogens (tertiary/aromatic N) is 2. The van der Waals surface area contributed by atoms with Crippen LogP contribution < -0.4 is 4.57 Å². The molecule has 2 nitrogen and oxygen atoms in total. The molecule has 0 N–H and O–H groups in total. The van der Waals surface area contributed by atoms with Crippen LogP contribution in [0.5, 0.6) is 0 Å². The van der Waals surface area contributed by atoms with Crippen LogP contribution in [0.15, 0.2) is 12.4 Å². The lowest BCUT2D eigenvalue weighted by Gasteiger charge is -2.06. The molecule has 0 aliphatic heterocycles. The van der Waals surface area contributed by atoms with E-state index in [1.165, 1.54) is 142 Å². The van der Waals surface area contributed by atoms with Crippen LogP contribution >= 0.6 is 0 Å². The highest BCUT2D eigenvalue weighted by molar-refractivity contribution is 4.84. The van der Waals surface area contributed by atoms with Crippen LogP contribution in [-0.2, 0) is 19.5 Å². The van der Waals surface area contributed by atoms with Gasteiger partial charge in [0, 0.05) is 6.42 Å². The van der Waals surface area contributed by atoms with Crippen molar-refractivity contribution in [1.82, 2.24) is 4.57 Å². The molecular formula is C28H55N2+. The van der Waals surface area contributed by atoms with Crippen molar-refractivity contribution in [3.05, 3.63) is 18.2 Å². The van der Waals surface area contributed by atoms with E-state index in [0.717, 1.165) is 0 Å². The number of hydrogen-bond donors (Lipinski definition) is 0. The Morgan fingerprint density at radius 3 is 1.57 bits per heavy atom. The van der Waals surface area contributed by atoms with E-state index >= 15 is 0 Å². The molecule has 0 unspecified atom stereocenters. The zero-order valence-corrected chi connectivity index (χ0v) is 21.1. The second kappa shape index (κ2) is 20.1. The maximum atomic E-state index is 2.57. The lowest BCUT2D eigenvalue weighted by Crippen LogP contribution is -2.37. The summed E-state index contributed by atoms with van der Waals surface area (Å²) in [4.78, 5) is 0. The Morgan fingerprint density at radius 1 is 0.567 bits per heavy atom. The number of hydrogen-bond acceptors (Lipinski definition) is 0. The van der Waals surface area contributed by atoms with Crippen LogP contribution in [0.25, 0.3) is 0 Å². The van der Waals surface area contributed by atoms with Crippen LogP contribution in [0.4, 0.5) is 0 Å². The summed E-state index contributed by atoms with van der Waals surface area (Å²) in [7, 11) is 0. The fourth-order valence-corrected chi connectivity index (χ4v) is 4.53. The molecule has 0 aromatic carbocycles. The van der Waals surface area contributed by atoms with Crippen molar-refractivity contribution in [2.24, 2.45) is 0 Å². The molecule has 1 aromatic heterocycles. The van der Waals surface area contributed by atoms with E-state index in [9.17, 15) is 0 Å². The Morgan fingerprint density at radius 2 is 1.03 bits per heavy atom. The summed E-state index contributed by atoms with van der Waals surface area (Å²) in [5, 5.41) is 0. The van der Waals surface area contributed by atoms with Gasteiger partial charge in [0.2, 0.25) is 0 Å². The molecule has 0 bridgehead atoms. The van der Waals surface area contributed by atoms with Crippen LogP contribution in [-0.4, -0.2) is 4.57 Å². The highest BCUT2D eigenvalue weighted by Crippen LogP contribution is 2.13. The largest absolute Gasteiger partial charge is 0.256 e. The van der Waals surface area contributed by atoms with Gasteiger partial charge in [0.05, 0.1) is 13.1 Å². The van der Waals surface area contributed by atoms with Gasteiger partial charge in [-0.25, -0.2) is 9.13 Å². The molecule has 0 fully saturated rings. The molecule has 1 rings (SSSR count). The van der Waals surface area contributed by atoms with Crippen molar-refractivity contribution in [2.45, 2.75) is 162 Å². The molecule has 30 heavy (non-hydrogen) atoms. The molecule has 0 amide bonds. The molecule has 0 aliphatic rings. The fraction of sp³-hybridized carbons (Fsp3) is 0.893. The summed E-state index contributed by atoms with van der Waals surface area (Å²) in [6, 6.07) is 0. The molecule has 2 heteroatoms. The van der Waals surface area contributed by atoms with E-state index in [0.29, 0.717) is 0 Å². The Balaban J connectivity index is 2.20. The maximum absolute atomic E-state index is 2.57. The third kappa shape index (κ3) is 13.5. The van der Waals surface area contributed by atoms with Crippen LogP contribution in [0.3, 0.4) is 0 Å². The van der Waals surface area contributed by atoms with Crippen molar-refractivity contribution in [1.29, 1.82) is 0 Å². The lowest BCUT2D eigenvalue weighted by molar-refractivity contribution is -0.704. The number of imidazole rings is 1. The first-order chi connectivity index (χ1) is 14.8. The number of aromatic nitrogens is 2. The summed E-state index contributed by atoms with van der Waals surface area (Å²) in [5.74, 6) is 1.59. The predicted octanol–water partition coefficient (Wildman–Crippen LogP) is 8.79. The van der Waals surface area contributed by atoms with Gasteiger partial charge in [0.15, 0.2) is 0 Å². The van der Waals surface area contributed by atoms with Gasteiger partial charge in [0.1, 0.15) is 12.4 Å². The smallest absolute Gasteiger partial charge is 0.234 e. The Hall–Kier alpha value is -0.790. The summed E-state index contributed by atoms with van der Waals surface area (Å²) in [6.07, 6.45) is 32.6. The summed E-state index contributed by atoms with van der Waals surface area (Å²) in [5.41, 5.74) is 0. The van der Waals surface area contributed by atoms with Crippen molar-refractivity contribution < 1.29 is 4.57 Å². The lowest BCUT2D eigenvalue weighted by atomic mass is 10.0. The van der Waals surface area contributed by atoms with E-state index in [1.807, 2.05) is 0 Å². The summed E-state index contributed by atoms with van der Waals surface area (Å²) in [6.45, 7) is 9.32. The molecule has 0 saturated heterocycles. The molecule has 0 aliphatic carbocycles. The first kappa shape index (κ1) is 27.2. The third-order valence-corrected chi connectivity index (χ3v) is 6.60. The predicted molar refractivity (Wildman–Crippen MR) is 133 cm³/mol. The minimum absolute atomic E-state index is 1.20. The normalized spacial score (nSPS) is 11.4. The molecule has 0 saturated carbocycles. The van der Waals surface area contributed by atoms with E-state index in [1.54, 1.807) is 5.82 Å². The molecule has 0 atom stereocenters. The standard InChI is InChI=1S/C28H55N2/c1-4-7-10-12-13-14-15-16-17-18-19-21-23-28-29(24-9-6-3)26-27-30(28)25-22-20-11-8-5-2/h26-27H,4-25H2,1-3H3/q+1. The van der Waals surface area contributed by atoms with Crippen molar-refractivity contribution in [3.63, 3.8) is 0 Å². The summed E-state index contributed by atoms with van der Waals surface area (Å²) < 4.78 is 5.12. The first-order valence-corrected chi connectivity index (χ1v) is 13.9. The van der Waals surface area contributed by atoms with Crippen molar-refractivity contribution in [2.75, 3.05) is 0 Å². The van der Waals surface area contributed by atoms with Gasteiger partial charge < -0.3 is 0 Å². The average Bonchev–Trinajstić information content (AvgIpc) is 3.14. The van der Waals surface area contributed by atoms with Crippen molar-refractivity contribution in [3.8, 4) is 0 Å². The van der Waals surface area contributed by atoms with E-state index in [2.05, 4.69) is 42.3 Å². The Kier molecular flexibility index (Phi) is 18.3. The summed E-state index contributed by atoms with van der Waals surface area (Å²) >= 11 is 0. The van der Waals surface area contributed by atoms with Gasteiger partial charge in [-0.2, -0.15) is 0 Å². The maximum Gasteiger partial charge on any atom is 0.256 e. The highest BCUT2D eigenvalue weighted by Gasteiger charge is 2.16. The second-order valence-corrected chi connectivity index (χ2v) is 9.51. The highest BCUT2D eigenvalue weighted by atomic mass is 15.1. The Labute approximate surface area is 189 Å². The zero-order valence-electron chi connectivity index (χ0n) is 21.1.